The summed E-state index contributed by atoms with van der Waals surface area (Å²) < 4.78 is 0. The predicted molar refractivity (Wildman–Crippen MR) is 46.6 cm³/mol. The van der Waals surface area contributed by atoms with Gasteiger partial charge in [-0.3, -0.25) is 9.79 Å². The van der Waals surface area contributed by atoms with Crippen molar-refractivity contribution in [3.8, 4) is 0 Å². The summed E-state index contributed by atoms with van der Waals surface area (Å²) in [7, 11) is 1.96. The normalized spacial score (nSPS) is 21.2. The number of carbonyl (C=O) groups excluding carboxylic acids is 1. The first kappa shape index (κ1) is 8.39. The zero-order valence-corrected chi connectivity index (χ0v) is 7.23. The molecular weight excluding hydrogens is 162 g/mol. The standard InChI is InChI=1S/C6H11N3OS/c1-9-2-3-11-6(9)8-4-5(7)10/h2-4H2,1H3,(H2,7,10). The van der Waals surface area contributed by atoms with Crippen molar-refractivity contribution in [3.05, 3.63) is 0 Å². The van der Waals surface area contributed by atoms with Gasteiger partial charge in [-0.2, -0.15) is 0 Å². The van der Waals surface area contributed by atoms with Crippen LogP contribution in [0.4, 0.5) is 0 Å². The van der Waals surface area contributed by atoms with Gasteiger partial charge in [0.05, 0.1) is 0 Å². The molecule has 0 aromatic heterocycles. The van der Waals surface area contributed by atoms with Crippen molar-refractivity contribution in [3.63, 3.8) is 0 Å². The number of rotatable bonds is 2. The summed E-state index contributed by atoms with van der Waals surface area (Å²) in [5, 5.41) is 0.920. The van der Waals surface area contributed by atoms with Gasteiger partial charge in [0.2, 0.25) is 5.91 Å². The van der Waals surface area contributed by atoms with Crippen LogP contribution >= 0.6 is 11.8 Å². The maximum absolute atomic E-state index is 10.4. The maximum atomic E-state index is 10.4. The van der Waals surface area contributed by atoms with Gasteiger partial charge in [0.15, 0.2) is 5.17 Å². The lowest BCUT2D eigenvalue weighted by Gasteiger charge is -2.08. The van der Waals surface area contributed by atoms with E-state index in [1.165, 1.54) is 0 Å². The number of aliphatic imine (C=N–C) groups is 1. The Morgan fingerprint density at radius 3 is 3.09 bits per heavy atom. The summed E-state index contributed by atoms with van der Waals surface area (Å²) in [5.41, 5.74) is 4.94. The highest BCUT2D eigenvalue weighted by atomic mass is 32.2. The number of primary amides is 1. The number of amidine groups is 1. The molecule has 1 saturated heterocycles. The van der Waals surface area contributed by atoms with E-state index in [1.807, 2.05) is 11.9 Å². The lowest BCUT2D eigenvalue weighted by atomic mass is 10.6. The van der Waals surface area contributed by atoms with Crippen LogP contribution in [0.25, 0.3) is 0 Å². The second kappa shape index (κ2) is 3.61. The Balaban J connectivity index is 2.45. The highest BCUT2D eigenvalue weighted by Crippen LogP contribution is 2.15. The van der Waals surface area contributed by atoms with E-state index in [2.05, 4.69) is 4.99 Å². The van der Waals surface area contributed by atoms with E-state index in [1.54, 1.807) is 11.8 Å². The van der Waals surface area contributed by atoms with Crippen molar-refractivity contribution in [1.29, 1.82) is 0 Å². The molecule has 0 aromatic carbocycles. The fourth-order valence-electron chi connectivity index (χ4n) is 0.792. The summed E-state index contributed by atoms with van der Waals surface area (Å²) in [6.07, 6.45) is 0. The monoisotopic (exact) mass is 173 g/mol. The first-order valence-electron chi connectivity index (χ1n) is 3.37. The van der Waals surface area contributed by atoms with Crippen LogP contribution in [-0.2, 0) is 4.79 Å². The van der Waals surface area contributed by atoms with Crippen molar-refractivity contribution in [2.75, 3.05) is 25.9 Å². The molecule has 0 radical (unpaired) electrons. The quantitative estimate of drug-likeness (QED) is 0.613. The molecular formula is C6H11N3OS. The first-order valence-corrected chi connectivity index (χ1v) is 4.35. The topological polar surface area (TPSA) is 58.7 Å². The second-order valence-corrected chi connectivity index (χ2v) is 3.40. The first-order chi connectivity index (χ1) is 5.20. The lowest BCUT2D eigenvalue weighted by molar-refractivity contribution is -0.116. The number of hydrogen-bond donors (Lipinski definition) is 1. The van der Waals surface area contributed by atoms with Gasteiger partial charge < -0.3 is 10.6 Å². The molecule has 0 aromatic rings. The molecule has 1 amide bonds. The Morgan fingerprint density at radius 1 is 1.91 bits per heavy atom. The minimum Gasteiger partial charge on any atom is -0.368 e. The number of amides is 1. The molecule has 0 aliphatic carbocycles. The Kier molecular flexibility index (Phi) is 2.76. The van der Waals surface area contributed by atoms with E-state index in [9.17, 15) is 4.79 Å². The Hall–Kier alpha value is -0.710. The highest BCUT2D eigenvalue weighted by molar-refractivity contribution is 8.14. The second-order valence-electron chi connectivity index (χ2n) is 2.34. The number of nitrogens with zero attached hydrogens (tertiary/aromatic N) is 2. The lowest BCUT2D eigenvalue weighted by Crippen LogP contribution is -2.21. The molecule has 1 aliphatic rings. The molecule has 0 spiro atoms. The molecule has 4 nitrogen and oxygen atoms in total. The third-order valence-corrected chi connectivity index (χ3v) is 2.44. The van der Waals surface area contributed by atoms with Crippen molar-refractivity contribution in [2.24, 2.45) is 10.7 Å². The molecule has 0 unspecified atom stereocenters. The molecule has 0 saturated carbocycles. The Morgan fingerprint density at radius 2 is 2.64 bits per heavy atom. The predicted octanol–water partition coefficient (Wildman–Crippen LogP) is -0.494. The number of thioether (sulfide) groups is 1. The van der Waals surface area contributed by atoms with Crippen LogP contribution in [0.5, 0.6) is 0 Å². The molecule has 1 fully saturated rings. The van der Waals surface area contributed by atoms with Crippen LogP contribution in [0.2, 0.25) is 0 Å². The third kappa shape index (κ3) is 2.42. The van der Waals surface area contributed by atoms with Crippen LogP contribution in [0.1, 0.15) is 0 Å². The molecule has 2 N–H and O–H groups in total. The van der Waals surface area contributed by atoms with Gasteiger partial charge >= 0.3 is 0 Å². The maximum Gasteiger partial charge on any atom is 0.239 e. The van der Waals surface area contributed by atoms with Gasteiger partial charge in [0.25, 0.3) is 0 Å². The van der Waals surface area contributed by atoms with E-state index in [4.69, 9.17) is 5.73 Å². The van der Waals surface area contributed by atoms with Crippen molar-refractivity contribution in [2.45, 2.75) is 0 Å². The average molecular weight is 173 g/mol. The number of nitrogens with two attached hydrogens (primary N) is 1. The van der Waals surface area contributed by atoms with E-state index >= 15 is 0 Å². The Labute approximate surface area is 69.8 Å². The molecule has 11 heavy (non-hydrogen) atoms. The van der Waals surface area contributed by atoms with Gasteiger partial charge in [0, 0.05) is 19.3 Å². The molecule has 0 atom stereocenters. The van der Waals surface area contributed by atoms with Crippen molar-refractivity contribution < 1.29 is 4.79 Å². The Bertz CT molecular complexity index is 192. The number of carbonyl (C=O) groups is 1. The third-order valence-electron chi connectivity index (χ3n) is 1.35. The van der Waals surface area contributed by atoms with Crippen LogP contribution < -0.4 is 5.73 Å². The highest BCUT2D eigenvalue weighted by Gasteiger charge is 2.14. The largest absolute Gasteiger partial charge is 0.368 e. The van der Waals surface area contributed by atoms with Gasteiger partial charge in [-0.25, -0.2) is 0 Å². The van der Waals surface area contributed by atoms with Gasteiger partial charge in [-0.1, -0.05) is 11.8 Å². The van der Waals surface area contributed by atoms with E-state index in [-0.39, 0.29) is 12.5 Å². The van der Waals surface area contributed by atoms with Crippen molar-refractivity contribution in [1.82, 2.24) is 4.90 Å². The summed E-state index contributed by atoms with van der Waals surface area (Å²) >= 11 is 1.66. The summed E-state index contributed by atoms with van der Waals surface area (Å²) in [5.74, 6) is 0.673. The van der Waals surface area contributed by atoms with Gasteiger partial charge in [-0.15, -0.1) is 0 Å². The van der Waals surface area contributed by atoms with Crippen LogP contribution in [0, 0.1) is 0 Å². The van der Waals surface area contributed by atoms with Crippen LogP contribution in [0.3, 0.4) is 0 Å². The minimum absolute atomic E-state index is 0.104. The smallest absolute Gasteiger partial charge is 0.239 e. The molecule has 1 rings (SSSR count). The van der Waals surface area contributed by atoms with Gasteiger partial charge in [-0.05, 0) is 0 Å². The van der Waals surface area contributed by atoms with Crippen molar-refractivity contribution >= 4 is 22.8 Å². The van der Waals surface area contributed by atoms with E-state index in [0.29, 0.717) is 0 Å². The fraction of sp³-hybridized carbons (Fsp3) is 0.667. The molecule has 62 valence electrons. The fourth-order valence-corrected chi connectivity index (χ4v) is 1.81. The van der Waals surface area contributed by atoms with Crippen LogP contribution in [-0.4, -0.2) is 41.9 Å². The zero-order valence-electron chi connectivity index (χ0n) is 6.41. The molecule has 5 heteroatoms. The number of hydrogen-bond acceptors (Lipinski definition) is 3. The summed E-state index contributed by atoms with van der Waals surface area (Å²) in [4.78, 5) is 16.4. The zero-order chi connectivity index (χ0) is 8.27. The summed E-state index contributed by atoms with van der Waals surface area (Å²) in [6.45, 7) is 1.11. The average Bonchev–Trinajstić information content (AvgIpc) is 2.31. The molecule has 1 heterocycles. The molecule has 0 bridgehead atoms. The SMILES string of the molecule is CN1CCSC1=NCC(N)=O. The van der Waals surface area contributed by atoms with E-state index < -0.39 is 0 Å². The summed E-state index contributed by atoms with van der Waals surface area (Å²) in [6, 6.07) is 0. The van der Waals surface area contributed by atoms with E-state index in [0.717, 1.165) is 17.5 Å². The van der Waals surface area contributed by atoms with Gasteiger partial charge in [0.1, 0.15) is 6.54 Å². The van der Waals surface area contributed by atoms with Crippen LogP contribution in [0.15, 0.2) is 4.99 Å². The molecule has 1 aliphatic heterocycles. The minimum atomic E-state index is -0.376.